The van der Waals surface area contributed by atoms with E-state index >= 15 is 0 Å². The van der Waals surface area contributed by atoms with E-state index in [1.807, 2.05) is 30.3 Å². The third-order valence-electron chi connectivity index (χ3n) is 4.02. The zero-order chi connectivity index (χ0) is 16.9. The van der Waals surface area contributed by atoms with Gasteiger partial charge in [-0.3, -0.25) is 0 Å². The van der Waals surface area contributed by atoms with Crippen LogP contribution in [0.25, 0.3) is 0 Å². The maximum atomic E-state index is 10.3. The molecule has 0 aliphatic carbocycles. The topological polar surface area (TPSA) is 92.2 Å². The molecule has 5 atom stereocenters. The van der Waals surface area contributed by atoms with Gasteiger partial charge in [-0.15, -0.1) is 0 Å². The Balaban J connectivity index is 0.00000225. The minimum atomic E-state index is -1.13. The van der Waals surface area contributed by atoms with E-state index < -0.39 is 30.7 Å². The molecule has 2 bridgehead atoms. The van der Waals surface area contributed by atoms with Gasteiger partial charge in [0.15, 0.2) is 11.4 Å². The molecule has 3 aliphatic rings. The number of nitrogens with one attached hydrogen (secondary N) is 2. The van der Waals surface area contributed by atoms with Crippen molar-refractivity contribution in [1.82, 2.24) is 5.32 Å². The van der Waals surface area contributed by atoms with Crippen molar-refractivity contribution < 1.29 is 24.4 Å². The van der Waals surface area contributed by atoms with Crippen molar-refractivity contribution in [3.05, 3.63) is 30.3 Å². The fourth-order valence-corrected chi connectivity index (χ4v) is 2.98. The number of fused-ring (bicyclic) bond motifs is 6. The average molecular weight is 370 g/mol. The van der Waals surface area contributed by atoms with Gasteiger partial charge in [-0.25, -0.2) is 0 Å². The zero-order valence-corrected chi connectivity index (χ0v) is 13.9. The summed E-state index contributed by atoms with van der Waals surface area (Å²) in [4.78, 5) is 0. The molecule has 3 heterocycles. The first-order valence-electron chi connectivity index (χ1n) is 8.00. The van der Waals surface area contributed by atoms with Crippen molar-refractivity contribution in [2.75, 3.05) is 25.1 Å². The summed E-state index contributed by atoms with van der Waals surface area (Å²) in [6, 6.07) is 9.56. The first-order chi connectivity index (χ1) is 11.6. The molecule has 0 spiro atoms. The maximum absolute atomic E-state index is 10.3. The van der Waals surface area contributed by atoms with E-state index in [9.17, 15) is 10.2 Å². The molecule has 25 heavy (non-hydrogen) atoms. The molecule has 140 valence electrons. The fourth-order valence-electron chi connectivity index (χ4n) is 2.78. The number of hydrogen-bond acceptors (Lipinski definition) is 6. The van der Waals surface area contributed by atoms with Crippen LogP contribution >= 0.6 is 12.2 Å². The number of rotatable bonds is 3. The average Bonchev–Trinajstić information content (AvgIpc) is 2.73. The highest BCUT2D eigenvalue weighted by molar-refractivity contribution is 7.80. The van der Waals surface area contributed by atoms with E-state index in [0.29, 0.717) is 31.3 Å². The van der Waals surface area contributed by atoms with E-state index in [1.165, 1.54) is 0 Å². The first-order valence-corrected chi connectivity index (χ1v) is 8.40. The molecule has 0 saturated carbocycles. The molecular weight excluding hydrogens is 344 g/mol. The minimum Gasteiger partial charge on any atom is -0.387 e. The summed E-state index contributed by atoms with van der Waals surface area (Å²) in [7, 11) is 0. The van der Waals surface area contributed by atoms with Gasteiger partial charge >= 0.3 is 0 Å². The molecule has 1 aromatic carbocycles. The summed E-state index contributed by atoms with van der Waals surface area (Å²) in [5, 5.41) is 26.9. The highest BCUT2D eigenvalue weighted by Gasteiger charge is 2.46. The number of aliphatic hydroxyl groups is 2. The third-order valence-corrected chi connectivity index (χ3v) is 4.26. The number of anilines is 1. The fraction of sp³-hybridized carbons (Fsp3) is 0.588. The largest absolute Gasteiger partial charge is 0.387 e. The van der Waals surface area contributed by atoms with Gasteiger partial charge in [-0.05, 0) is 30.8 Å². The molecule has 0 aromatic heterocycles. The van der Waals surface area contributed by atoms with Crippen molar-refractivity contribution in [2.24, 2.45) is 0 Å². The van der Waals surface area contributed by atoms with Crippen molar-refractivity contribution in [1.29, 1.82) is 0 Å². The SMILES string of the molecule is C.OC1C2OCCCOC(C(CNC(=S)Nc3ccccc3)O2)C1O. The Morgan fingerprint density at radius 3 is 2.60 bits per heavy atom. The van der Waals surface area contributed by atoms with Crippen LogP contribution in [0.4, 0.5) is 5.69 Å². The molecule has 3 saturated heterocycles. The predicted octanol–water partition coefficient (Wildman–Crippen LogP) is 0.861. The molecule has 1 aromatic rings. The molecule has 0 amide bonds. The minimum absolute atomic E-state index is 0. The highest BCUT2D eigenvalue weighted by Crippen LogP contribution is 2.25. The third kappa shape index (κ3) is 5.10. The van der Waals surface area contributed by atoms with Gasteiger partial charge in [0.2, 0.25) is 0 Å². The van der Waals surface area contributed by atoms with E-state index in [4.69, 9.17) is 26.4 Å². The molecule has 4 N–H and O–H groups in total. The van der Waals surface area contributed by atoms with Crippen molar-refractivity contribution >= 4 is 23.0 Å². The Morgan fingerprint density at radius 1 is 1.12 bits per heavy atom. The Hall–Kier alpha value is -1.29. The molecule has 8 heteroatoms. The second-order valence-corrected chi connectivity index (χ2v) is 6.19. The summed E-state index contributed by atoms with van der Waals surface area (Å²) in [5.74, 6) is 0. The van der Waals surface area contributed by atoms with Crippen LogP contribution in [0.15, 0.2) is 30.3 Å². The first kappa shape index (κ1) is 20.0. The van der Waals surface area contributed by atoms with Crippen molar-refractivity contribution in [2.45, 2.75) is 44.6 Å². The summed E-state index contributed by atoms with van der Waals surface area (Å²) in [5.41, 5.74) is 0.877. The number of ether oxygens (including phenoxy) is 3. The predicted molar refractivity (Wildman–Crippen MR) is 98.4 cm³/mol. The molecule has 5 unspecified atom stereocenters. The second kappa shape index (κ2) is 9.42. The summed E-state index contributed by atoms with van der Waals surface area (Å²) < 4.78 is 16.9. The lowest BCUT2D eigenvalue weighted by molar-refractivity contribution is -0.292. The van der Waals surface area contributed by atoms with Crippen LogP contribution in [-0.4, -0.2) is 65.8 Å². The monoisotopic (exact) mass is 370 g/mol. The molecular formula is C17H26N2O5S. The van der Waals surface area contributed by atoms with Crippen molar-refractivity contribution in [3.8, 4) is 0 Å². The standard InChI is InChI=1S/C16H22N2O5S.CH4/c19-12-13(20)15-22-8-4-7-21-14(12)11(23-15)9-17-16(24)18-10-5-2-1-3-6-10;/h1-3,5-6,11-15,19-20H,4,7-9H2,(H2,17,18,24);1H4. The number of aliphatic hydroxyl groups excluding tert-OH is 2. The van der Waals surface area contributed by atoms with Crippen LogP contribution in [0.3, 0.4) is 0 Å². The number of benzene rings is 1. The van der Waals surface area contributed by atoms with E-state index in [0.717, 1.165) is 5.69 Å². The van der Waals surface area contributed by atoms with Gasteiger partial charge in [0.25, 0.3) is 0 Å². The van der Waals surface area contributed by atoms with Crippen LogP contribution in [-0.2, 0) is 14.2 Å². The van der Waals surface area contributed by atoms with E-state index in [1.54, 1.807) is 0 Å². The van der Waals surface area contributed by atoms with Gasteiger partial charge in [0.05, 0.1) is 6.61 Å². The number of hydrogen-bond donors (Lipinski definition) is 4. The van der Waals surface area contributed by atoms with E-state index in [-0.39, 0.29) is 7.43 Å². The number of thiocarbonyl (C=S) groups is 1. The molecule has 0 radical (unpaired) electrons. The van der Waals surface area contributed by atoms with Gasteiger partial charge in [0, 0.05) is 18.8 Å². The Kier molecular flexibility index (Phi) is 7.55. The number of para-hydroxylation sites is 1. The zero-order valence-electron chi connectivity index (χ0n) is 13.1. The molecule has 7 nitrogen and oxygen atoms in total. The van der Waals surface area contributed by atoms with Crippen LogP contribution in [0, 0.1) is 0 Å². The Labute approximate surface area is 153 Å². The quantitative estimate of drug-likeness (QED) is 0.583. The maximum Gasteiger partial charge on any atom is 0.186 e. The molecule has 4 rings (SSSR count). The Morgan fingerprint density at radius 2 is 1.84 bits per heavy atom. The normalized spacial score (nSPS) is 31.8. The Bertz CT molecular complexity index is 545. The van der Waals surface area contributed by atoms with Crippen molar-refractivity contribution in [3.63, 3.8) is 0 Å². The summed E-state index contributed by atoms with van der Waals surface area (Å²) in [6.45, 7) is 1.18. The van der Waals surface area contributed by atoms with Crippen LogP contribution in [0.2, 0.25) is 0 Å². The van der Waals surface area contributed by atoms with Gasteiger partial charge in [-0.1, -0.05) is 25.6 Å². The summed E-state index contributed by atoms with van der Waals surface area (Å²) in [6.07, 6.45) is -3.49. The van der Waals surface area contributed by atoms with Crippen LogP contribution in [0.1, 0.15) is 13.8 Å². The lowest BCUT2D eigenvalue weighted by atomic mass is 9.98. The van der Waals surface area contributed by atoms with Gasteiger partial charge in [-0.2, -0.15) is 0 Å². The summed E-state index contributed by atoms with van der Waals surface area (Å²) >= 11 is 5.27. The van der Waals surface area contributed by atoms with Gasteiger partial charge in [0.1, 0.15) is 24.4 Å². The van der Waals surface area contributed by atoms with E-state index in [2.05, 4.69) is 10.6 Å². The highest BCUT2D eigenvalue weighted by atomic mass is 32.1. The lowest BCUT2D eigenvalue weighted by Crippen LogP contribution is -2.61. The molecule has 3 fully saturated rings. The molecule has 3 aliphatic heterocycles. The van der Waals surface area contributed by atoms with Gasteiger partial charge < -0.3 is 35.1 Å². The second-order valence-electron chi connectivity index (χ2n) is 5.78. The van der Waals surface area contributed by atoms with Crippen LogP contribution in [0.5, 0.6) is 0 Å². The smallest absolute Gasteiger partial charge is 0.186 e. The lowest BCUT2D eigenvalue weighted by Gasteiger charge is -2.41. The van der Waals surface area contributed by atoms with Crippen LogP contribution < -0.4 is 10.6 Å².